The maximum absolute atomic E-state index is 12.0. The molecule has 0 heterocycles. The zero-order valence-electron chi connectivity index (χ0n) is 12.7. The second-order valence-corrected chi connectivity index (χ2v) is 5.86. The van der Waals surface area contributed by atoms with Crippen molar-refractivity contribution in [1.29, 1.82) is 0 Å². The highest BCUT2D eigenvalue weighted by atomic mass is 16.5. The van der Waals surface area contributed by atoms with E-state index in [2.05, 4.69) is 19.2 Å². The molecule has 0 aromatic heterocycles. The van der Waals surface area contributed by atoms with Gasteiger partial charge in [0.05, 0.1) is 12.0 Å². The highest BCUT2D eigenvalue weighted by Crippen LogP contribution is 2.31. The van der Waals surface area contributed by atoms with E-state index in [-0.39, 0.29) is 23.8 Å². The minimum Gasteiger partial charge on any atom is -0.481 e. The normalized spacial score (nSPS) is 23.8. The molecule has 0 radical (unpaired) electrons. The van der Waals surface area contributed by atoms with Crippen molar-refractivity contribution in [3.05, 3.63) is 0 Å². The molecule has 1 fully saturated rings. The van der Waals surface area contributed by atoms with Crippen LogP contribution in [0.2, 0.25) is 0 Å². The number of aliphatic carboxylic acids is 1. The van der Waals surface area contributed by atoms with Gasteiger partial charge in [-0.3, -0.25) is 9.59 Å². The number of carbonyl (C=O) groups is 2. The van der Waals surface area contributed by atoms with Crippen LogP contribution in [0.5, 0.6) is 0 Å². The first-order valence-electron chi connectivity index (χ1n) is 7.57. The first kappa shape index (κ1) is 17.0. The molecule has 0 aromatic rings. The van der Waals surface area contributed by atoms with Crippen molar-refractivity contribution < 1.29 is 19.4 Å². The Kier molecular flexibility index (Phi) is 6.99. The minimum absolute atomic E-state index is 0.00671. The van der Waals surface area contributed by atoms with Crippen LogP contribution in [-0.2, 0) is 14.3 Å². The summed E-state index contributed by atoms with van der Waals surface area (Å²) in [7, 11) is 0. The minimum atomic E-state index is -0.781. The van der Waals surface area contributed by atoms with Crippen LogP contribution in [0, 0.1) is 17.8 Å². The molecule has 1 aliphatic carbocycles. The Labute approximate surface area is 121 Å². The summed E-state index contributed by atoms with van der Waals surface area (Å²) in [6.45, 7) is 7.46. The molecule has 5 nitrogen and oxygen atoms in total. The lowest BCUT2D eigenvalue weighted by molar-refractivity contribution is -0.141. The van der Waals surface area contributed by atoms with Crippen LogP contribution in [0.3, 0.4) is 0 Å². The number of nitrogens with one attached hydrogen (secondary N) is 1. The summed E-state index contributed by atoms with van der Waals surface area (Å²) >= 11 is 0. The Morgan fingerprint density at radius 3 is 2.45 bits per heavy atom. The molecule has 0 aromatic carbocycles. The molecule has 5 heteroatoms. The number of carboxylic acids is 1. The highest BCUT2D eigenvalue weighted by Gasteiger charge is 2.33. The number of amides is 1. The Morgan fingerprint density at radius 1 is 1.30 bits per heavy atom. The van der Waals surface area contributed by atoms with Gasteiger partial charge in [-0.25, -0.2) is 0 Å². The van der Waals surface area contributed by atoms with E-state index in [1.54, 1.807) is 0 Å². The molecule has 1 saturated carbocycles. The third-order valence-electron chi connectivity index (χ3n) is 4.01. The lowest BCUT2D eigenvalue weighted by atomic mass is 10.0. The summed E-state index contributed by atoms with van der Waals surface area (Å²) in [5, 5.41) is 11.8. The van der Waals surface area contributed by atoms with Gasteiger partial charge in [-0.2, -0.15) is 0 Å². The molecule has 1 aliphatic rings. The zero-order chi connectivity index (χ0) is 15.1. The molecule has 0 bridgehead atoms. The average Bonchev–Trinajstić information content (AvgIpc) is 2.87. The molecule has 2 N–H and O–H groups in total. The van der Waals surface area contributed by atoms with Gasteiger partial charge in [-0.05, 0) is 38.5 Å². The Balaban J connectivity index is 2.28. The van der Waals surface area contributed by atoms with Crippen LogP contribution in [-0.4, -0.2) is 36.2 Å². The predicted molar refractivity (Wildman–Crippen MR) is 76.3 cm³/mol. The molecule has 20 heavy (non-hydrogen) atoms. The Morgan fingerprint density at radius 2 is 1.95 bits per heavy atom. The van der Waals surface area contributed by atoms with E-state index >= 15 is 0 Å². The van der Waals surface area contributed by atoms with Gasteiger partial charge < -0.3 is 15.2 Å². The van der Waals surface area contributed by atoms with E-state index in [0.717, 1.165) is 6.42 Å². The van der Waals surface area contributed by atoms with Crippen LogP contribution in [0.4, 0.5) is 0 Å². The molecular formula is C15H27NO4. The lowest BCUT2D eigenvalue weighted by Gasteiger charge is -2.21. The number of hydrogen-bond donors (Lipinski definition) is 2. The first-order valence-corrected chi connectivity index (χ1v) is 7.57. The van der Waals surface area contributed by atoms with E-state index < -0.39 is 5.97 Å². The number of carboxylic acid groups (broad SMARTS) is 1. The smallest absolute Gasteiger partial charge is 0.306 e. The second kappa shape index (κ2) is 8.25. The molecule has 1 unspecified atom stereocenters. The molecular weight excluding hydrogens is 258 g/mol. The van der Waals surface area contributed by atoms with Crippen molar-refractivity contribution in [3.8, 4) is 0 Å². The lowest BCUT2D eigenvalue weighted by Crippen LogP contribution is -2.33. The summed E-state index contributed by atoms with van der Waals surface area (Å²) in [6, 6.07) is 0. The monoisotopic (exact) mass is 285 g/mol. The van der Waals surface area contributed by atoms with Crippen LogP contribution < -0.4 is 5.32 Å². The number of carbonyl (C=O) groups excluding carboxylic acids is 1. The Bertz CT molecular complexity index is 330. The largest absolute Gasteiger partial charge is 0.481 e. The van der Waals surface area contributed by atoms with Crippen LogP contribution in [0.15, 0.2) is 0 Å². The summed E-state index contributed by atoms with van der Waals surface area (Å²) in [6.07, 6.45) is 2.73. The molecule has 116 valence electrons. The highest BCUT2D eigenvalue weighted by molar-refractivity contribution is 5.80. The number of hydrogen-bond acceptors (Lipinski definition) is 3. The first-order chi connectivity index (χ1) is 9.45. The van der Waals surface area contributed by atoms with Gasteiger partial charge in [0.25, 0.3) is 0 Å². The maximum atomic E-state index is 12.0. The zero-order valence-corrected chi connectivity index (χ0v) is 12.7. The SMILES string of the molecule is CCOC(CCNC(=O)[C@@H]1CC[C@H](C(=O)O)C1)C(C)C. The van der Waals surface area contributed by atoms with Crippen molar-refractivity contribution in [3.63, 3.8) is 0 Å². The van der Waals surface area contributed by atoms with Gasteiger partial charge >= 0.3 is 5.97 Å². The van der Waals surface area contributed by atoms with Crippen molar-refractivity contribution >= 4 is 11.9 Å². The van der Waals surface area contributed by atoms with Crippen molar-refractivity contribution in [2.45, 2.75) is 52.6 Å². The topological polar surface area (TPSA) is 75.6 Å². The Hall–Kier alpha value is -1.10. The van der Waals surface area contributed by atoms with Crippen LogP contribution >= 0.6 is 0 Å². The third kappa shape index (κ3) is 5.12. The van der Waals surface area contributed by atoms with E-state index in [1.807, 2.05) is 6.92 Å². The van der Waals surface area contributed by atoms with Crippen molar-refractivity contribution in [1.82, 2.24) is 5.32 Å². The summed E-state index contributed by atoms with van der Waals surface area (Å²) < 4.78 is 5.63. The molecule has 0 aliphatic heterocycles. The fraction of sp³-hybridized carbons (Fsp3) is 0.867. The van der Waals surface area contributed by atoms with Gasteiger partial charge in [0, 0.05) is 19.1 Å². The van der Waals surface area contributed by atoms with Gasteiger partial charge in [-0.15, -0.1) is 0 Å². The quantitative estimate of drug-likeness (QED) is 0.715. The molecule has 0 spiro atoms. The fourth-order valence-electron chi connectivity index (χ4n) is 2.75. The molecule has 1 amide bonds. The van der Waals surface area contributed by atoms with Crippen molar-refractivity contribution in [2.24, 2.45) is 17.8 Å². The van der Waals surface area contributed by atoms with Crippen LogP contribution in [0.1, 0.15) is 46.5 Å². The summed E-state index contributed by atoms with van der Waals surface area (Å²) in [4.78, 5) is 22.8. The summed E-state index contributed by atoms with van der Waals surface area (Å²) in [5.41, 5.74) is 0. The predicted octanol–water partition coefficient (Wildman–Crippen LogP) is 2.05. The third-order valence-corrected chi connectivity index (χ3v) is 4.01. The van der Waals surface area contributed by atoms with Gasteiger partial charge in [0.1, 0.15) is 0 Å². The number of ether oxygens (including phenoxy) is 1. The molecule has 0 saturated heterocycles. The van der Waals surface area contributed by atoms with Crippen LogP contribution in [0.25, 0.3) is 0 Å². The maximum Gasteiger partial charge on any atom is 0.306 e. The van der Waals surface area contributed by atoms with E-state index in [1.165, 1.54) is 0 Å². The van der Waals surface area contributed by atoms with E-state index in [9.17, 15) is 9.59 Å². The van der Waals surface area contributed by atoms with E-state index in [4.69, 9.17) is 9.84 Å². The number of rotatable bonds is 8. The fourth-order valence-corrected chi connectivity index (χ4v) is 2.75. The van der Waals surface area contributed by atoms with E-state index in [0.29, 0.717) is 38.3 Å². The van der Waals surface area contributed by atoms with Gasteiger partial charge in [0.2, 0.25) is 5.91 Å². The molecule has 1 rings (SSSR count). The molecule has 3 atom stereocenters. The average molecular weight is 285 g/mol. The summed E-state index contributed by atoms with van der Waals surface area (Å²) in [5.74, 6) is -0.850. The van der Waals surface area contributed by atoms with Gasteiger partial charge in [0.15, 0.2) is 0 Å². The van der Waals surface area contributed by atoms with Gasteiger partial charge in [-0.1, -0.05) is 13.8 Å². The van der Waals surface area contributed by atoms with Crippen molar-refractivity contribution in [2.75, 3.05) is 13.2 Å². The standard InChI is InChI=1S/C15H27NO4/c1-4-20-13(10(2)3)7-8-16-14(17)11-5-6-12(9-11)15(18)19/h10-13H,4-9H2,1-3H3,(H,16,17)(H,18,19)/t11-,12+,13?/m1/s1. The second-order valence-electron chi connectivity index (χ2n) is 5.86.